The van der Waals surface area contributed by atoms with Gasteiger partial charge >= 0.3 is 0 Å². The maximum atomic E-state index is 4.58. The molecule has 0 saturated heterocycles. The third-order valence-electron chi connectivity index (χ3n) is 8.77. The average Bonchev–Trinajstić information content (AvgIpc) is 3.87. The van der Waals surface area contributed by atoms with Crippen LogP contribution in [0.25, 0.3) is 28.0 Å². The van der Waals surface area contributed by atoms with E-state index in [1.165, 1.54) is 16.7 Å². The van der Waals surface area contributed by atoms with Gasteiger partial charge in [0.05, 0.1) is 11.0 Å². The van der Waals surface area contributed by atoms with Gasteiger partial charge in [-0.1, -0.05) is 95.2 Å². The van der Waals surface area contributed by atoms with Crippen molar-refractivity contribution in [3.8, 4) is 0 Å². The van der Waals surface area contributed by atoms with E-state index in [-0.39, 0.29) is 21.7 Å². The van der Waals surface area contributed by atoms with Gasteiger partial charge in [-0.05, 0) is 81.5 Å². The molecule has 10 heteroatoms. The summed E-state index contributed by atoms with van der Waals surface area (Å²) in [6.07, 6.45) is 14.9. The first-order valence-corrected chi connectivity index (χ1v) is 18.0. The van der Waals surface area contributed by atoms with Crippen LogP contribution < -0.4 is 0 Å². The molecule has 8 aromatic heterocycles. The molecule has 8 heterocycles. The molecule has 0 N–H and O–H groups in total. The Morgan fingerprint density at radius 1 is 0.453 bits per heavy atom. The monoisotopic (exact) mass is 710 g/mol. The zero-order valence-corrected chi connectivity index (χ0v) is 33.4. The minimum atomic E-state index is 0.101. The van der Waals surface area contributed by atoms with Crippen LogP contribution >= 0.6 is 0 Å². The normalized spacial score (nSPS) is 12.2. The summed E-state index contributed by atoms with van der Waals surface area (Å²) in [7, 11) is 0. The van der Waals surface area contributed by atoms with E-state index in [1.807, 2.05) is 49.1 Å². The van der Waals surface area contributed by atoms with Crippen molar-refractivity contribution in [3.05, 3.63) is 133 Å². The molecule has 0 aliphatic heterocycles. The smallest absolute Gasteiger partial charge is 0.155 e. The summed E-state index contributed by atoms with van der Waals surface area (Å²) >= 11 is 0. The minimum Gasteiger partial charge on any atom is -0.307 e. The number of aromatic nitrogens is 10. The van der Waals surface area contributed by atoms with E-state index in [0.29, 0.717) is 0 Å². The van der Waals surface area contributed by atoms with Gasteiger partial charge in [-0.25, -0.2) is 24.0 Å². The molecule has 276 valence electrons. The van der Waals surface area contributed by atoms with Crippen LogP contribution in [0.5, 0.6) is 0 Å². The number of hydrogen-bond donors (Lipinski definition) is 0. The predicted octanol–water partition coefficient (Wildman–Crippen LogP) is 9.61. The van der Waals surface area contributed by atoms with Crippen molar-refractivity contribution >= 4 is 28.0 Å². The zero-order chi connectivity index (χ0) is 38.6. The number of pyridine rings is 5. The van der Waals surface area contributed by atoms with Crippen LogP contribution in [-0.2, 0) is 21.7 Å². The third kappa shape index (κ3) is 10.1. The van der Waals surface area contributed by atoms with E-state index in [2.05, 4.69) is 165 Å². The molecule has 0 radical (unpaired) electrons. The van der Waals surface area contributed by atoms with E-state index in [1.54, 1.807) is 27.9 Å². The summed E-state index contributed by atoms with van der Waals surface area (Å²) in [4.78, 5) is 21.3. The maximum Gasteiger partial charge on any atom is 0.155 e. The second-order valence-corrected chi connectivity index (χ2v) is 17.3. The van der Waals surface area contributed by atoms with Gasteiger partial charge in [0.1, 0.15) is 18.3 Å². The standard InChI is InChI=1S/C12H14N2.C11H14N2.2C10H13N3/c1-12(2,3)11-7-6-9-10(14-11)5-4-8-13-9;1-11(2,3)9-4-5-10-12-6-7-13(10)8-9;1-10(2,3)8-4-5-13-9(6-8)11-7-12-13;1-10(2,3)8-4-5-9-11-7-12-13(9)6-8/h4-8H,1-3H3;4-8H,1-3H3;2*4-7H,1-3H3. The van der Waals surface area contributed by atoms with E-state index in [4.69, 9.17) is 0 Å². The molecule has 0 bridgehead atoms. The van der Waals surface area contributed by atoms with Gasteiger partial charge in [0.25, 0.3) is 0 Å². The molecule has 0 saturated carbocycles. The van der Waals surface area contributed by atoms with E-state index < -0.39 is 0 Å². The Bertz CT molecular complexity index is 2200. The molecular formula is C43H54N10. The van der Waals surface area contributed by atoms with Crippen LogP contribution in [0.3, 0.4) is 0 Å². The summed E-state index contributed by atoms with van der Waals surface area (Å²) < 4.78 is 5.64. The number of imidazole rings is 1. The summed E-state index contributed by atoms with van der Waals surface area (Å²) in [6, 6.07) is 20.5. The fourth-order valence-electron chi connectivity index (χ4n) is 5.28. The molecule has 10 nitrogen and oxygen atoms in total. The summed E-state index contributed by atoms with van der Waals surface area (Å²) in [6.45, 7) is 26.3. The fourth-order valence-corrected chi connectivity index (χ4v) is 5.28. The Balaban J connectivity index is 0.000000136. The predicted molar refractivity (Wildman–Crippen MR) is 216 cm³/mol. The molecular weight excluding hydrogens is 657 g/mol. The van der Waals surface area contributed by atoms with Crippen LogP contribution in [0.15, 0.2) is 110 Å². The molecule has 0 amide bonds. The highest BCUT2D eigenvalue weighted by atomic mass is 15.3. The molecule has 0 fully saturated rings. The van der Waals surface area contributed by atoms with Crippen LogP contribution in [0, 0.1) is 0 Å². The number of fused-ring (bicyclic) bond motifs is 4. The lowest BCUT2D eigenvalue weighted by Crippen LogP contribution is -2.13. The molecule has 0 aromatic carbocycles. The van der Waals surface area contributed by atoms with Gasteiger partial charge in [-0.2, -0.15) is 10.2 Å². The lowest BCUT2D eigenvalue weighted by molar-refractivity contribution is 0.571. The van der Waals surface area contributed by atoms with Crippen molar-refractivity contribution in [1.82, 2.24) is 48.5 Å². The number of rotatable bonds is 0. The van der Waals surface area contributed by atoms with Gasteiger partial charge in [0, 0.05) is 48.3 Å². The van der Waals surface area contributed by atoms with Gasteiger partial charge in [0.15, 0.2) is 11.3 Å². The number of hydrogen-bond acceptors (Lipinski definition) is 7. The SMILES string of the molecule is CC(C)(C)c1ccc2ncccc2n1.CC(C)(C)c1ccc2nccn2c1.CC(C)(C)c1ccc2ncnn2c1.CC(C)(C)c1ccn2ncnc2c1. The van der Waals surface area contributed by atoms with Crippen molar-refractivity contribution in [2.24, 2.45) is 0 Å². The molecule has 0 unspecified atom stereocenters. The lowest BCUT2D eigenvalue weighted by atomic mass is 9.88. The fraction of sp³-hybridized carbons (Fsp3) is 0.372. The van der Waals surface area contributed by atoms with Gasteiger partial charge in [-0.15, -0.1) is 0 Å². The van der Waals surface area contributed by atoms with Crippen LogP contribution in [0.2, 0.25) is 0 Å². The highest BCUT2D eigenvalue weighted by Gasteiger charge is 2.17. The maximum absolute atomic E-state index is 4.58. The Hall–Kier alpha value is -5.51. The van der Waals surface area contributed by atoms with Crippen LogP contribution in [0.1, 0.15) is 105 Å². The van der Waals surface area contributed by atoms with Crippen molar-refractivity contribution in [1.29, 1.82) is 0 Å². The van der Waals surface area contributed by atoms with Crippen molar-refractivity contribution in [2.75, 3.05) is 0 Å². The molecule has 8 rings (SSSR count). The first kappa shape index (κ1) is 38.7. The molecule has 8 aromatic rings. The lowest BCUT2D eigenvalue weighted by Gasteiger charge is -2.18. The molecule has 0 spiro atoms. The summed E-state index contributed by atoms with van der Waals surface area (Å²) in [5.74, 6) is 0. The highest BCUT2D eigenvalue weighted by molar-refractivity contribution is 5.73. The van der Waals surface area contributed by atoms with Gasteiger partial charge in [0.2, 0.25) is 0 Å². The summed E-state index contributed by atoms with van der Waals surface area (Å²) in [5.41, 5.74) is 10.4. The topological polar surface area (TPSA) is 103 Å². The minimum absolute atomic E-state index is 0.101. The number of nitrogens with zero attached hydrogens (tertiary/aromatic N) is 10. The van der Waals surface area contributed by atoms with Crippen molar-refractivity contribution in [3.63, 3.8) is 0 Å². The van der Waals surface area contributed by atoms with E-state index in [0.717, 1.165) is 33.7 Å². The van der Waals surface area contributed by atoms with Crippen molar-refractivity contribution in [2.45, 2.75) is 105 Å². The van der Waals surface area contributed by atoms with Crippen LogP contribution in [-0.4, -0.2) is 48.5 Å². The van der Waals surface area contributed by atoms with Gasteiger partial charge in [-0.3, -0.25) is 9.97 Å². The van der Waals surface area contributed by atoms with Crippen molar-refractivity contribution < 1.29 is 0 Å². The first-order chi connectivity index (χ1) is 24.8. The molecule has 0 atom stereocenters. The molecule has 0 aliphatic rings. The Labute approximate surface area is 313 Å². The van der Waals surface area contributed by atoms with E-state index in [9.17, 15) is 0 Å². The van der Waals surface area contributed by atoms with Gasteiger partial charge < -0.3 is 4.40 Å². The van der Waals surface area contributed by atoms with E-state index >= 15 is 0 Å². The second kappa shape index (κ2) is 15.2. The Morgan fingerprint density at radius 2 is 1.08 bits per heavy atom. The molecule has 0 aliphatic carbocycles. The Morgan fingerprint density at radius 3 is 1.74 bits per heavy atom. The third-order valence-corrected chi connectivity index (χ3v) is 8.77. The second-order valence-electron chi connectivity index (χ2n) is 17.3. The largest absolute Gasteiger partial charge is 0.307 e. The zero-order valence-electron chi connectivity index (χ0n) is 33.4. The first-order valence-electron chi connectivity index (χ1n) is 18.0. The molecule has 53 heavy (non-hydrogen) atoms. The quantitative estimate of drug-likeness (QED) is 0.154. The highest BCUT2D eigenvalue weighted by Crippen LogP contribution is 2.24. The average molecular weight is 711 g/mol. The Kier molecular flexibility index (Phi) is 11.1. The summed E-state index contributed by atoms with van der Waals surface area (Å²) in [5, 5.41) is 8.15. The van der Waals surface area contributed by atoms with Crippen LogP contribution in [0.4, 0.5) is 0 Å².